The fourth-order valence-corrected chi connectivity index (χ4v) is 4.48. The SMILES string of the molecule is CN1C2CCCC1CC(N1C(=O)Cc3ccccc31)C2. The number of piperidine rings is 2. The van der Waals surface area contributed by atoms with E-state index in [9.17, 15) is 4.79 Å². The van der Waals surface area contributed by atoms with Crippen LogP contribution in [0.2, 0.25) is 0 Å². The molecule has 3 heterocycles. The van der Waals surface area contributed by atoms with Crippen molar-refractivity contribution in [2.75, 3.05) is 11.9 Å². The predicted octanol–water partition coefficient (Wildman–Crippen LogP) is 2.59. The van der Waals surface area contributed by atoms with E-state index in [1.54, 1.807) is 0 Å². The molecular weight excluding hydrogens is 248 g/mol. The van der Waals surface area contributed by atoms with E-state index in [2.05, 4.69) is 35.0 Å². The van der Waals surface area contributed by atoms with Crippen LogP contribution in [0.1, 0.15) is 37.7 Å². The summed E-state index contributed by atoms with van der Waals surface area (Å²) in [5, 5.41) is 0. The van der Waals surface area contributed by atoms with Crippen LogP contribution < -0.4 is 4.90 Å². The maximum atomic E-state index is 12.4. The van der Waals surface area contributed by atoms with Crippen molar-refractivity contribution < 1.29 is 4.79 Å². The lowest BCUT2D eigenvalue weighted by Crippen LogP contribution is -2.56. The fraction of sp³-hybridized carbons (Fsp3) is 0.588. The van der Waals surface area contributed by atoms with E-state index in [1.807, 2.05) is 6.07 Å². The number of hydrogen-bond donors (Lipinski definition) is 0. The highest BCUT2D eigenvalue weighted by Gasteiger charge is 2.41. The van der Waals surface area contributed by atoms with Gasteiger partial charge in [-0.15, -0.1) is 0 Å². The van der Waals surface area contributed by atoms with Crippen LogP contribution in [0.25, 0.3) is 0 Å². The number of rotatable bonds is 1. The highest BCUT2D eigenvalue weighted by molar-refractivity contribution is 6.01. The van der Waals surface area contributed by atoms with Gasteiger partial charge in [-0.2, -0.15) is 0 Å². The molecule has 1 amide bonds. The summed E-state index contributed by atoms with van der Waals surface area (Å²) in [6.45, 7) is 0. The summed E-state index contributed by atoms with van der Waals surface area (Å²) in [4.78, 5) is 17.1. The first-order valence-electron chi connectivity index (χ1n) is 7.86. The highest BCUT2D eigenvalue weighted by atomic mass is 16.2. The van der Waals surface area contributed by atoms with Crippen molar-refractivity contribution in [2.24, 2.45) is 0 Å². The van der Waals surface area contributed by atoms with Crippen LogP contribution in [0.5, 0.6) is 0 Å². The lowest BCUT2D eigenvalue weighted by Gasteiger charge is -2.49. The van der Waals surface area contributed by atoms with Crippen molar-refractivity contribution in [3.05, 3.63) is 29.8 Å². The molecule has 2 saturated heterocycles. The van der Waals surface area contributed by atoms with Crippen LogP contribution in [0.3, 0.4) is 0 Å². The minimum Gasteiger partial charge on any atom is -0.309 e. The quantitative estimate of drug-likeness (QED) is 0.783. The first-order valence-corrected chi connectivity index (χ1v) is 7.86. The maximum absolute atomic E-state index is 12.4. The van der Waals surface area contributed by atoms with E-state index in [0.717, 1.165) is 12.8 Å². The van der Waals surface area contributed by atoms with Gasteiger partial charge in [-0.25, -0.2) is 0 Å². The zero-order valence-electron chi connectivity index (χ0n) is 12.1. The number of nitrogens with zero attached hydrogens (tertiary/aromatic N) is 2. The Labute approximate surface area is 120 Å². The number of carbonyl (C=O) groups excluding carboxylic acids is 1. The van der Waals surface area contributed by atoms with Gasteiger partial charge in [-0.05, 0) is 44.4 Å². The molecule has 0 aliphatic carbocycles. The summed E-state index contributed by atoms with van der Waals surface area (Å²) < 4.78 is 0. The van der Waals surface area contributed by atoms with Crippen LogP contribution >= 0.6 is 0 Å². The van der Waals surface area contributed by atoms with E-state index >= 15 is 0 Å². The van der Waals surface area contributed by atoms with Crippen LogP contribution in [0.15, 0.2) is 24.3 Å². The smallest absolute Gasteiger partial charge is 0.231 e. The summed E-state index contributed by atoms with van der Waals surface area (Å²) in [5.41, 5.74) is 2.38. The monoisotopic (exact) mass is 270 g/mol. The molecule has 2 fully saturated rings. The second-order valence-corrected chi connectivity index (χ2v) is 6.60. The molecule has 2 atom stereocenters. The van der Waals surface area contributed by atoms with Gasteiger partial charge in [0.1, 0.15) is 0 Å². The average molecular weight is 270 g/mol. The van der Waals surface area contributed by atoms with Gasteiger partial charge in [0.2, 0.25) is 5.91 Å². The fourth-order valence-electron chi connectivity index (χ4n) is 4.48. The second kappa shape index (κ2) is 4.59. The molecule has 1 aromatic carbocycles. The Kier molecular flexibility index (Phi) is 2.84. The van der Waals surface area contributed by atoms with E-state index < -0.39 is 0 Å². The zero-order valence-corrected chi connectivity index (χ0v) is 12.1. The molecule has 3 nitrogen and oxygen atoms in total. The number of amides is 1. The van der Waals surface area contributed by atoms with E-state index in [-0.39, 0.29) is 0 Å². The summed E-state index contributed by atoms with van der Waals surface area (Å²) in [6.07, 6.45) is 6.84. The molecule has 3 aliphatic rings. The number of para-hydroxylation sites is 1. The normalized spacial score (nSPS) is 33.4. The summed E-state index contributed by atoms with van der Waals surface area (Å²) in [6, 6.07) is 10.1. The maximum Gasteiger partial charge on any atom is 0.231 e. The molecular formula is C17H22N2O. The Balaban J connectivity index is 1.64. The molecule has 3 aliphatic heterocycles. The third-order valence-corrected chi connectivity index (χ3v) is 5.54. The largest absolute Gasteiger partial charge is 0.309 e. The number of carbonyl (C=O) groups is 1. The molecule has 0 saturated carbocycles. The van der Waals surface area contributed by atoms with Gasteiger partial charge in [0.05, 0.1) is 6.42 Å². The van der Waals surface area contributed by atoms with Crippen molar-refractivity contribution in [1.82, 2.24) is 4.90 Å². The Morgan fingerprint density at radius 2 is 1.75 bits per heavy atom. The van der Waals surface area contributed by atoms with Gasteiger partial charge in [-0.3, -0.25) is 4.79 Å². The van der Waals surface area contributed by atoms with Gasteiger partial charge < -0.3 is 9.80 Å². The van der Waals surface area contributed by atoms with Gasteiger partial charge >= 0.3 is 0 Å². The van der Waals surface area contributed by atoms with Gasteiger partial charge in [0.15, 0.2) is 0 Å². The molecule has 4 rings (SSSR count). The number of anilines is 1. The van der Waals surface area contributed by atoms with Gasteiger partial charge in [0, 0.05) is 23.8 Å². The van der Waals surface area contributed by atoms with Gasteiger partial charge in [0.25, 0.3) is 0 Å². The van der Waals surface area contributed by atoms with Crippen molar-refractivity contribution >= 4 is 11.6 Å². The van der Waals surface area contributed by atoms with Crippen LogP contribution in [-0.2, 0) is 11.2 Å². The number of benzene rings is 1. The van der Waals surface area contributed by atoms with Crippen molar-refractivity contribution in [2.45, 2.75) is 56.7 Å². The molecule has 3 heteroatoms. The molecule has 20 heavy (non-hydrogen) atoms. The highest BCUT2D eigenvalue weighted by Crippen LogP contribution is 2.39. The van der Waals surface area contributed by atoms with Crippen LogP contribution in [-0.4, -0.2) is 36.0 Å². The van der Waals surface area contributed by atoms with Gasteiger partial charge in [-0.1, -0.05) is 24.6 Å². The number of fused-ring (bicyclic) bond motifs is 3. The molecule has 1 aromatic rings. The Morgan fingerprint density at radius 3 is 2.50 bits per heavy atom. The predicted molar refractivity (Wildman–Crippen MR) is 79.8 cm³/mol. The molecule has 0 N–H and O–H groups in total. The molecule has 106 valence electrons. The Hall–Kier alpha value is -1.35. The Morgan fingerprint density at radius 1 is 1.05 bits per heavy atom. The Bertz CT molecular complexity index is 528. The third kappa shape index (κ3) is 1.80. The third-order valence-electron chi connectivity index (χ3n) is 5.54. The lowest BCUT2D eigenvalue weighted by molar-refractivity contribution is -0.118. The number of hydrogen-bond acceptors (Lipinski definition) is 2. The molecule has 0 aromatic heterocycles. The van der Waals surface area contributed by atoms with E-state index in [4.69, 9.17) is 0 Å². The molecule has 2 bridgehead atoms. The summed E-state index contributed by atoms with van der Waals surface area (Å²) in [5.74, 6) is 0.304. The topological polar surface area (TPSA) is 23.6 Å². The molecule has 2 unspecified atom stereocenters. The average Bonchev–Trinajstić information content (AvgIpc) is 2.74. The van der Waals surface area contributed by atoms with Crippen molar-refractivity contribution in [3.8, 4) is 0 Å². The minimum absolute atomic E-state index is 0.304. The first-order chi connectivity index (χ1) is 9.74. The molecule has 0 radical (unpaired) electrons. The standard InChI is InChI=1S/C17H22N2O/c1-18-13-6-4-7-14(18)11-15(10-13)19-16-8-3-2-5-12(16)9-17(19)20/h2-3,5,8,13-15H,4,6-7,9-11H2,1H3. The van der Waals surface area contributed by atoms with Crippen molar-refractivity contribution in [1.29, 1.82) is 0 Å². The molecule has 0 spiro atoms. The second-order valence-electron chi connectivity index (χ2n) is 6.60. The first kappa shape index (κ1) is 12.4. The van der Waals surface area contributed by atoms with E-state index in [1.165, 1.54) is 30.5 Å². The van der Waals surface area contributed by atoms with Crippen LogP contribution in [0.4, 0.5) is 5.69 Å². The summed E-state index contributed by atoms with van der Waals surface area (Å²) >= 11 is 0. The minimum atomic E-state index is 0.304. The van der Waals surface area contributed by atoms with Crippen molar-refractivity contribution in [3.63, 3.8) is 0 Å². The lowest BCUT2D eigenvalue weighted by atomic mass is 9.81. The van der Waals surface area contributed by atoms with E-state index in [0.29, 0.717) is 30.5 Å². The zero-order chi connectivity index (χ0) is 13.7. The summed E-state index contributed by atoms with van der Waals surface area (Å²) in [7, 11) is 2.27. The van der Waals surface area contributed by atoms with Crippen LogP contribution in [0, 0.1) is 0 Å².